The molecule has 1 aromatic rings. The first-order valence-electron chi connectivity index (χ1n) is 7.28. The number of nitrogens with one attached hydrogen (secondary N) is 1. The molecular weight excluding hydrogens is 222 g/mol. The molecule has 2 rings (SSSR count). The van der Waals surface area contributed by atoms with Crippen molar-refractivity contribution >= 4 is 0 Å². The number of aliphatic hydroxyl groups is 1. The van der Waals surface area contributed by atoms with E-state index in [1.807, 2.05) is 0 Å². The van der Waals surface area contributed by atoms with Gasteiger partial charge < -0.3 is 10.4 Å². The Labute approximate surface area is 110 Å². The molecule has 2 nitrogen and oxygen atoms in total. The summed E-state index contributed by atoms with van der Waals surface area (Å²) in [7, 11) is 0. The highest BCUT2D eigenvalue weighted by molar-refractivity contribution is 5.16. The second kappa shape index (κ2) is 7.55. The van der Waals surface area contributed by atoms with Crippen molar-refractivity contribution in [3.8, 4) is 0 Å². The van der Waals surface area contributed by atoms with Gasteiger partial charge in [-0.3, -0.25) is 0 Å². The Kier molecular flexibility index (Phi) is 5.69. The second-order valence-electron chi connectivity index (χ2n) is 5.37. The monoisotopic (exact) mass is 247 g/mol. The molecule has 0 radical (unpaired) electrons. The molecule has 0 bridgehead atoms. The van der Waals surface area contributed by atoms with Crippen LogP contribution in [0.5, 0.6) is 0 Å². The highest BCUT2D eigenvalue weighted by atomic mass is 16.3. The molecule has 2 heteroatoms. The summed E-state index contributed by atoms with van der Waals surface area (Å²) in [6, 6.07) is 11.3. The number of hydrogen-bond donors (Lipinski definition) is 2. The summed E-state index contributed by atoms with van der Waals surface area (Å²) < 4.78 is 0. The minimum atomic E-state index is 0.287. The molecule has 1 saturated carbocycles. The van der Waals surface area contributed by atoms with Gasteiger partial charge in [-0.2, -0.15) is 0 Å². The third-order valence-corrected chi connectivity index (χ3v) is 4.01. The van der Waals surface area contributed by atoms with Crippen LogP contribution in [0.3, 0.4) is 0 Å². The van der Waals surface area contributed by atoms with Gasteiger partial charge in [0, 0.05) is 12.6 Å². The molecule has 18 heavy (non-hydrogen) atoms. The quantitative estimate of drug-likeness (QED) is 0.726. The average Bonchev–Trinajstić information content (AvgIpc) is 2.93. The minimum absolute atomic E-state index is 0.287. The summed E-state index contributed by atoms with van der Waals surface area (Å²) in [4.78, 5) is 0. The normalized spacial score (nSPS) is 18.1. The van der Waals surface area contributed by atoms with E-state index in [-0.39, 0.29) is 6.61 Å². The fourth-order valence-electron chi connectivity index (χ4n) is 3.00. The van der Waals surface area contributed by atoms with Crippen LogP contribution in [0.25, 0.3) is 0 Å². The molecular formula is C16H25NO. The molecule has 0 aromatic heterocycles. The van der Waals surface area contributed by atoms with Crippen LogP contribution < -0.4 is 5.32 Å². The van der Waals surface area contributed by atoms with E-state index in [0.717, 1.165) is 25.3 Å². The van der Waals surface area contributed by atoms with Crippen LogP contribution in [0.4, 0.5) is 0 Å². The van der Waals surface area contributed by atoms with E-state index in [0.29, 0.717) is 6.04 Å². The maximum Gasteiger partial charge on any atom is 0.0443 e. The van der Waals surface area contributed by atoms with Crippen LogP contribution in [0.1, 0.15) is 37.7 Å². The molecule has 1 unspecified atom stereocenters. The van der Waals surface area contributed by atoms with Gasteiger partial charge in [0.2, 0.25) is 0 Å². The van der Waals surface area contributed by atoms with Crippen LogP contribution >= 0.6 is 0 Å². The van der Waals surface area contributed by atoms with Crippen LogP contribution in [0.15, 0.2) is 30.3 Å². The van der Waals surface area contributed by atoms with Crippen molar-refractivity contribution in [1.82, 2.24) is 5.32 Å². The van der Waals surface area contributed by atoms with Crippen molar-refractivity contribution in [2.24, 2.45) is 5.92 Å². The number of benzene rings is 1. The zero-order valence-electron chi connectivity index (χ0n) is 11.1. The summed E-state index contributed by atoms with van der Waals surface area (Å²) in [5.41, 5.74) is 1.42. The lowest BCUT2D eigenvalue weighted by atomic mass is 9.92. The Hall–Kier alpha value is -0.860. The number of rotatable bonds is 7. The highest BCUT2D eigenvalue weighted by Crippen LogP contribution is 2.29. The van der Waals surface area contributed by atoms with Crippen molar-refractivity contribution < 1.29 is 5.11 Å². The Balaban J connectivity index is 1.90. The van der Waals surface area contributed by atoms with Gasteiger partial charge >= 0.3 is 0 Å². The second-order valence-corrected chi connectivity index (χ2v) is 5.37. The van der Waals surface area contributed by atoms with Gasteiger partial charge in [0.1, 0.15) is 0 Å². The van der Waals surface area contributed by atoms with Crippen molar-refractivity contribution in [2.45, 2.75) is 44.6 Å². The maximum atomic E-state index is 8.89. The summed E-state index contributed by atoms with van der Waals surface area (Å²) in [5.74, 6) is 0.823. The zero-order valence-corrected chi connectivity index (χ0v) is 11.1. The molecule has 0 amide bonds. The van der Waals surface area contributed by atoms with Crippen molar-refractivity contribution in [1.29, 1.82) is 0 Å². The minimum Gasteiger partial charge on any atom is -0.396 e. The Morgan fingerprint density at radius 2 is 1.89 bits per heavy atom. The number of aliphatic hydroxyl groups excluding tert-OH is 1. The number of hydrogen-bond acceptors (Lipinski definition) is 2. The standard InChI is InChI=1S/C16H25NO/c18-12-6-11-17-16(15-9-4-5-10-15)13-14-7-2-1-3-8-14/h1-3,7-8,15-18H,4-6,9-13H2. The third-order valence-electron chi connectivity index (χ3n) is 4.01. The Morgan fingerprint density at radius 3 is 2.56 bits per heavy atom. The first-order chi connectivity index (χ1) is 8.90. The van der Waals surface area contributed by atoms with E-state index in [1.54, 1.807) is 0 Å². The van der Waals surface area contributed by atoms with Gasteiger partial charge in [0.05, 0.1) is 0 Å². The molecule has 1 fully saturated rings. The smallest absolute Gasteiger partial charge is 0.0443 e. The van der Waals surface area contributed by atoms with E-state index in [9.17, 15) is 0 Å². The van der Waals surface area contributed by atoms with E-state index in [1.165, 1.54) is 31.2 Å². The SMILES string of the molecule is OCCCNC(Cc1ccccc1)C1CCCC1. The fraction of sp³-hybridized carbons (Fsp3) is 0.625. The molecule has 0 aliphatic heterocycles. The van der Waals surface area contributed by atoms with Crippen LogP contribution in [-0.4, -0.2) is 24.3 Å². The van der Waals surface area contributed by atoms with Crippen LogP contribution in [-0.2, 0) is 6.42 Å². The van der Waals surface area contributed by atoms with Gasteiger partial charge in [-0.25, -0.2) is 0 Å². The summed E-state index contributed by atoms with van der Waals surface area (Å²) in [6.07, 6.45) is 7.48. The van der Waals surface area contributed by atoms with Gasteiger partial charge in [-0.1, -0.05) is 43.2 Å². The predicted octanol–water partition coefficient (Wildman–Crippen LogP) is 2.76. The topological polar surface area (TPSA) is 32.3 Å². The molecule has 1 aromatic carbocycles. The van der Waals surface area contributed by atoms with E-state index in [2.05, 4.69) is 35.6 Å². The zero-order chi connectivity index (χ0) is 12.6. The largest absolute Gasteiger partial charge is 0.396 e. The first kappa shape index (κ1) is 13.6. The molecule has 1 aliphatic carbocycles. The summed E-state index contributed by atoms with van der Waals surface area (Å²) >= 11 is 0. The van der Waals surface area contributed by atoms with Gasteiger partial charge in [0.25, 0.3) is 0 Å². The molecule has 100 valence electrons. The van der Waals surface area contributed by atoms with Crippen LogP contribution in [0, 0.1) is 5.92 Å². The van der Waals surface area contributed by atoms with E-state index < -0.39 is 0 Å². The van der Waals surface area contributed by atoms with Crippen molar-refractivity contribution in [3.63, 3.8) is 0 Å². The maximum absolute atomic E-state index is 8.89. The molecule has 1 atom stereocenters. The van der Waals surface area contributed by atoms with Crippen molar-refractivity contribution in [3.05, 3.63) is 35.9 Å². The molecule has 2 N–H and O–H groups in total. The fourth-order valence-corrected chi connectivity index (χ4v) is 3.00. The average molecular weight is 247 g/mol. The summed E-state index contributed by atoms with van der Waals surface area (Å²) in [5, 5.41) is 12.5. The summed E-state index contributed by atoms with van der Waals surface area (Å²) in [6.45, 7) is 1.22. The van der Waals surface area contributed by atoms with E-state index in [4.69, 9.17) is 5.11 Å². The third kappa shape index (κ3) is 4.11. The van der Waals surface area contributed by atoms with Gasteiger partial charge in [-0.15, -0.1) is 0 Å². The molecule has 0 spiro atoms. The molecule has 1 aliphatic rings. The Bertz CT molecular complexity index is 319. The lowest BCUT2D eigenvalue weighted by molar-refractivity contribution is 0.274. The van der Waals surface area contributed by atoms with E-state index >= 15 is 0 Å². The molecule has 0 saturated heterocycles. The predicted molar refractivity (Wildman–Crippen MR) is 75.6 cm³/mol. The first-order valence-corrected chi connectivity index (χ1v) is 7.28. The highest BCUT2D eigenvalue weighted by Gasteiger charge is 2.24. The van der Waals surface area contributed by atoms with Crippen molar-refractivity contribution in [2.75, 3.05) is 13.2 Å². The lowest BCUT2D eigenvalue weighted by Gasteiger charge is -2.25. The Morgan fingerprint density at radius 1 is 1.17 bits per heavy atom. The lowest BCUT2D eigenvalue weighted by Crippen LogP contribution is -2.38. The van der Waals surface area contributed by atoms with Crippen LogP contribution in [0.2, 0.25) is 0 Å². The van der Waals surface area contributed by atoms with Gasteiger partial charge in [-0.05, 0) is 43.7 Å². The van der Waals surface area contributed by atoms with Gasteiger partial charge in [0.15, 0.2) is 0 Å². The molecule has 0 heterocycles.